The molecule has 19 heavy (non-hydrogen) atoms. The number of imidazole rings is 1. The Hall–Kier alpha value is -1.65. The third kappa shape index (κ3) is 2.29. The molecule has 1 aromatic carbocycles. The molecule has 2 N–H and O–H groups in total. The largest absolute Gasteiger partial charge is 0.330 e. The van der Waals surface area contributed by atoms with Gasteiger partial charge >= 0.3 is 0 Å². The van der Waals surface area contributed by atoms with Gasteiger partial charge in [-0.3, -0.25) is 0 Å². The minimum Gasteiger partial charge on any atom is -0.330 e. The van der Waals surface area contributed by atoms with Crippen molar-refractivity contribution in [1.29, 1.82) is 0 Å². The van der Waals surface area contributed by atoms with Crippen LogP contribution in [0.1, 0.15) is 5.69 Å². The van der Waals surface area contributed by atoms with E-state index in [0.29, 0.717) is 6.54 Å². The predicted octanol–water partition coefficient (Wildman–Crippen LogP) is 3.27. The first-order valence-electron chi connectivity index (χ1n) is 6.21. The van der Waals surface area contributed by atoms with Crippen LogP contribution in [0.4, 0.5) is 0 Å². The molecule has 0 aliphatic rings. The summed E-state index contributed by atoms with van der Waals surface area (Å²) in [4.78, 5) is 4.73. The molecule has 0 amide bonds. The number of pyridine rings is 1. The number of benzene rings is 1. The van der Waals surface area contributed by atoms with Crippen molar-refractivity contribution in [2.45, 2.75) is 6.42 Å². The fourth-order valence-corrected chi connectivity index (χ4v) is 2.61. The second-order valence-electron chi connectivity index (χ2n) is 4.39. The molecule has 0 radical (unpaired) electrons. The summed E-state index contributed by atoms with van der Waals surface area (Å²) in [5.74, 6) is 0. The Morgan fingerprint density at radius 3 is 2.63 bits per heavy atom. The van der Waals surface area contributed by atoms with Crippen molar-refractivity contribution < 1.29 is 0 Å². The van der Waals surface area contributed by atoms with E-state index in [2.05, 4.69) is 32.5 Å². The summed E-state index contributed by atoms with van der Waals surface area (Å²) < 4.78 is 3.15. The number of hydrogen-bond acceptors (Lipinski definition) is 2. The summed E-state index contributed by atoms with van der Waals surface area (Å²) in [6, 6.07) is 14.2. The van der Waals surface area contributed by atoms with Crippen molar-refractivity contribution in [3.63, 3.8) is 0 Å². The number of halogens is 1. The van der Waals surface area contributed by atoms with Gasteiger partial charge < -0.3 is 10.1 Å². The van der Waals surface area contributed by atoms with Gasteiger partial charge in [0.2, 0.25) is 0 Å². The second-order valence-corrected chi connectivity index (χ2v) is 5.30. The summed E-state index contributed by atoms with van der Waals surface area (Å²) in [6.07, 6.45) is 2.85. The van der Waals surface area contributed by atoms with Crippen molar-refractivity contribution in [1.82, 2.24) is 9.38 Å². The molecule has 0 unspecified atom stereocenters. The Morgan fingerprint density at radius 2 is 1.89 bits per heavy atom. The highest BCUT2D eigenvalue weighted by Gasteiger charge is 2.13. The molecule has 2 heterocycles. The zero-order valence-electron chi connectivity index (χ0n) is 10.4. The maximum atomic E-state index is 5.74. The number of nitrogens with two attached hydrogens (primary N) is 1. The second kappa shape index (κ2) is 5.15. The van der Waals surface area contributed by atoms with Gasteiger partial charge in [-0.15, -0.1) is 0 Å². The lowest BCUT2D eigenvalue weighted by atomic mass is 10.1. The Balaban J connectivity index is 2.26. The first-order chi connectivity index (χ1) is 9.29. The van der Waals surface area contributed by atoms with Gasteiger partial charge in [-0.2, -0.15) is 0 Å². The summed E-state index contributed by atoms with van der Waals surface area (Å²) in [7, 11) is 0. The van der Waals surface area contributed by atoms with Crippen LogP contribution in [-0.2, 0) is 6.42 Å². The summed E-state index contributed by atoms with van der Waals surface area (Å²) in [5.41, 5.74) is 10.00. The molecule has 0 saturated heterocycles. The number of fused-ring (bicyclic) bond motifs is 1. The molecule has 3 aromatic rings. The lowest BCUT2D eigenvalue weighted by molar-refractivity contribution is 0.906. The quantitative estimate of drug-likeness (QED) is 0.806. The highest BCUT2D eigenvalue weighted by atomic mass is 79.9. The van der Waals surface area contributed by atoms with Crippen LogP contribution in [0.15, 0.2) is 53.1 Å². The molecular weight excluding hydrogens is 302 g/mol. The standard InChI is InChI=1S/C15H14BrN3/c16-12-6-7-14-18-15(11-4-2-1-3-5-11)13(8-9-17)19(14)10-12/h1-7,10H,8-9,17H2. The molecule has 0 saturated carbocycles. The zero-order chi connectivity index (χ0) is 13.2. The van der Waals surface area contributed by atoms with Crippen LogP contribution >= 0.6 is 15.9 Å². The van der Waals surface area contributed by atoms with Gasteiger partial charge in [-0.1, -0.05) is 30.3 Å². The Morgan fingerprint density at radius 1 is 1.11 bits per heavy atom. The van der Waals surface area contributed by atoms with E-state index in [-0.39, 0.29) is 0 Å². The molecule has 0 atom stereocenters. The smallest absolute Gasteiger partial charge is 0.137 e. The van der Waals surface area contributed by atoms with Crippen LogP contribution in [0.5, 0.6) is 0 Å². The molecule has 0 spiro atoms. The topological polar surface area (TPSA) is 43.3 Å². The first kappa shape index (κ1) is 12.4. The minimum atomic E-state index is 0.611. The van der Waals surface area contributed by atoms with Gasteiger partial charge in [0.15, 0.2) is 0 Å². The predicted molar refractivity (Wildman–Crippen MR) is 81.1 cm³/mol. The van der Waals surface area contributed by atoms with Crippen molar-refractivity contribution in [3.8, 4) is 11.3 Å². The number of hydrogen-bond donors (Lipinski definition) is 1. The van der Waals surface area contributed by atoms with Gasteiger partial charge in [0.25, 0.3) is 0 Å². The number of aromatic nitrogens is 2. The number of nitrogens with zero attached hydrogens (tertiary/aromatic N) is 2. The van der Waals surface area contributed by atoms with Crippen molar-refractivity contribution in [2.75, 3.05) is 6.54 Å². The average Bonchev–Trinajstić information content (AvgIpc) is 2.79. The molecule has 0 bridgehead atoms. The van der Waals surface area contributed by atoms with E-state index in [1.54, 1.807) is 0 Å². The average molecular weight is 316 g/mol. The van der Waals surface area contributed by atoms with Crippen LogP contribution < -0.4 is 5.73 Å². The monoisotopic (exact) mass is 315 g/mol. The molecule has 0 aliphatic carbocycles. The van der Waals surface area contributed by atoms with Crippen molar-refractivity contribution in [3.05, 3.63) is 58.8 Å². The van der Waals surface area contributed by atoms with E-state index in [9.17, 15) is 0 Å². The van der Waals surface area contributed by atoms with Crippen LogP contribution in [0, 0.1) is 0 Å². The highest BCUT2D eigenvalue weighted by Crippen LogP contribution is 2.25. The molecule has 0 fully saturated rings. The lowest BCUT2D eigenvalue weighted by Gasteiger charge is -2.04. The van der Waals surface area contributed by atoms with Crippen molar-refractivity contribution >= 4 is 21.6 Å². The van der Waals surface area contributed by atoms with Gasteiger partial charge in [0, 0.05) is 22.7 Å². The summed E-state index contributed by atoms with van der Waals surface area (Å²) >= 11 is 3.50. The molecule has 3 rings (SSSR count). The van der Waals surface area contributed by atoms with E-state index in [1.807, 2.05) is 36.5 Å². The minimum absolute atomic E-state index is 0.611. The third-order valence-electron chi connectivity index (χ3n) is 3.11. The summed E-state index contributed by atoms with van der Waals surface area (Å²) in [6.45, 7) is 0.611. The fourth-order valence-electron chi connectivity index (χ4n) is 2.27. The van der Waals surface area contributed by atoms with Gasteiger partial charge in [0.05, 0.1) is 11.4 Å². The van der Waals surface area contributed by atoms with Gasteiger partial charge in [0.1, 0.15) is 5.65 Å². The first-order valence-corrected chi connectivity index (χ1v) is 7.01. The molecule has 96 valence electrons. The van der Waals surface area contributed by atoms with E-state index in [0.717, 1.165) is 33.5 Å². The van der Waals surface area contributed by atoms with E-state index in [4.69, 9.17) is 10.7 Å². The molecule has 2 aromatic heterocycles. The lowest BCUT2D eigenvalue weighted by Crippen LogP contribution is -2.06. The normalized spacial score (nSPS) is 11.1. The van der Waals surface area contributed by atoms with Crippen LogP contribution in [-0.4, -0.2) is 15.9 Å². The Kier molecular flexibility index (Phi) is 3.36. The molecular formula is C15H14BrN3. The molecule has 3 nitrogen and oxygen atoms in total. The number of rotatable bonds is 3. The van der Waals surface area contributed by atoms with E-state index >= 15 is 0 Å². The fraction of sp³-hybridized carbons (Fsp3) is 0.133. The SMILES string of the molecule is NCCc1c(-c2ccccc2)nc2ccc(Br)cn12. The van der Waals surface area contributed by atoms with Crippen LogP contribution in [0.3, 0.4) is 0 Å². The van der Waals surface area contributed by atoms with Gasteiger partial charge in [-0.05, 0) is 34.6 Å². The van der Waals surface area contributed by atoms with Crippen LogP contribution in [0.25, 0.3) is 16.9 Å². The maximum absolute atomic E-state index is 5.74. The maximum Gasteiger partial charge on any atom is 0.137 e. The van der Waals surface area contributed by atoms with Crippen LogP contribution in [0.2, 0.25) is 0 Å². The molecule has 4 heteroatoms. The van der Waals surface area contributed by atoms with Gasteiger partial charge in [-0.25, -0.2) is 4.98 Å². The van der Waals surface area contributed by atoms with E-state index in [1.165, 1.54) is 0 Å². The zero-order valence-corrected chi connectivity index (χ0v) is 12.0. The third-order valence-corrected chi connectivity index (χ3v) is 3.58. The van der Waals surface area contributed by atoms with Crippen molar-refractivity contribution in [2.24, 2.45) is 5.73 Å². The van der Waals surface area contributed by atoms with E-state index < -0.39 is 0 Å². The Labute approximate surface area is 120 Å². The Bertz CT molecular complexity index is 704. The summed E-state index contributed by atoms with van der Waals surface area (Å²) in [5, 5.41) is 0. The molecule has 0 aliphatic heterocycles. The highest BCUT2D eigenvalue weighted by molar-refractivity contribution is 9.10.